The van der Waals surface area contributed by atoms with Crippen LogP contribution >= 0.6 is 0 Å². The highest BCUT2D eigenvalue weighted by Gasteiger charge is 2.77. The average molecular weight is 900 g/mol. The number of aliphatic hydroxyl groups is 1. The number of hydrogen-bond donors (Lipinski definition) is 2. The molecule has 2 amide bonds. The summed E-state index contributed by atoms with van der Waals surface area (Å²) in [5.74, 6) is -4.33. The normalized spacial score (nSPS) is 31.0. The van der Waals surface area contributed by atoms with Gasteiger partial charge in [0.05, 0.1) is 19.2 Å². The molecular formula is C48H57N3O14. The summed E-state index contributed by atoms with van der Waals surface area (Å²) in [6, 6.07) is 12.3. The highest BCUT2D eigenvalue weighted by Crippen LogP contribution is 2.59. The molecule has 5 heterocycles. The predicted molar refractivity (Wildman–Crippen MR) is 226 cm³/mol. The van der Waals surface area contributed by atoms with Crippen molar-refractivity contribution >= 4 is 41.8 Å². The molecular weight excluding hydrogens is 843 g/mol. The van der Waals surface area contributed by atoms with E-state index in [4.69, 9.17) is 33.3 Å². The number of benzene rings is 2. The molecule has 5 saturated heterocycles. The van der Waals surface area contributed by atoms with Gasteiger partial charge in [0, 0.05) is 43.7 Å². The van der Waals surface area contributed by atoms with Crippen molar-refractivity contribution in [2.45, 2.75) is 146 Å². The van der Waals surface area contributed by atoms with Crippen molar-refractivity contribution in [1.29, 1.82) is 0 Å². The summed E-state index contributed by atoms with van der Waals surface area (Å²) in [6.07, 6.45) is 0.432. The molecule has 17 nitrogen and oxygen atoms in total. The van der Waals surface area contributed by atoms with Gasteiger partial charge in [0.1, 0.15) is 48.1 Å². The Bertz CT molecular complexity index is 2250. The summed E-state index contributed by atoms with van der Waals surface area (Å²) in [5.41, 5.74) is 0.692. The van der Waals surface area contributed by atoms with Gasteiger partial charge in [-0.15, -0.1) is 0 Å². The number of nitrogens with zero attached hydrogens (tertiary/aromatic N) is 2. The van der Waals surface area contributed by atoms with Crippen LogP contribution < -0.4 is 5.32 Å². The number of ether oxygens (including phenoxy) is 6. The lowest BCUT2D eigenvalue weighted by Crippen LogP contribution is -2.70. The van der Waals surface area contributed by atoms with E-state index in [9.17, 15) is 29.1 Å². The van der Waals surface area contributed by atoms with Crippen molar-refractivity contribution in [3.63, 3.8) is 0 Å². The lowest BCUT2D eigenvalue weighted by Gasteiger charge is -2.50. The van der Waals surface area contributed by atoms with Crippen LogP contribution in [0.25, 0.3) is 6.08 Å². The molecule has 348 valence electrons. The largest absolute Gasteiger partial charge is 0.462 e. The summed E-state index contributed by atoms with van der Waals surface area (Å²) in [7, 11) is 0. The molecule has 0 aromatic heterocycles. The molecule has 2 aliphatic carbocycles. The first-order chi connectivity index (χ1) is 30.9. The van der Waals surface area contributed by atoms with Crippen molar-refractivity contribution in [3.05, 3.63) is 76.9 Å². The van der Waals surface area contributed by atoms with Gasteiger partial charge in [0.15, 0.2) is 11.8 Å². The highest BCUT2D eigenvalue weighted by atomic mass is 16.8. The molecule has 1 saturated carbocycles. The van der Waals surface area contributed by atoms with Gasteiger partial charge in [-0.3, -0.25) is 24.0 Å². The molecule has 2 aromatic rings. The van der Waals surface area contributed by atoms with E-state index in [0.717, 1.165) is 16.7 Å². The second kappa shape index (κ2) is 16.9. The Morgan fingerprint density at radius 2 is 1.69 bits per heavy atom. The third kappa shape index (κ3) is 8.45. The number of nitrogens with one attached hydrogen (secondary N) is 1. The maximum atomic E-state index is 15.5. The van der Waals surface area contributed by atoms with E-state index in [2.05, 4.69) is 5.32 Å². The molecule has 7 aliphatic rings. The molecule has 65 heavy (non-hydrogen) atoms. The van der Waals surface area contributed by atoms with Crippen molar-refractivity contribution in [1.82, 2.24) is 15.3 Å². The predicted octanol–water partition coefficient (Wildman–Crippen LogP) is 2.86. The third-order valence-corrected chi connectivity index (χ3v) is 13.7. The summed E-state index contributed by atoms with van der Waals surface area (Å²) >= 11 is 0. The number of likely N-dealkylation sites (tertiary alicyclic amines) is 1. The summed E-state index contributed by atoms with van der Waals surface area (Å²) in [4.78, 5) is 89.6. The van der Waals surface area contributed by atoms with Crippen molar-refractivity contribution in [2.24, 2.45) is 10.8 Å². The Morgan fingerprint density at radius 1 is 0.985 bits per heavy atom. The second-order valence-electron chi connectivity index (χ2n) is 20.1. The van der Waals surface area contributed by atoms with Gasteiger partial charge in [-0.1, -0.05) is 62.4 Å². The number of carbonyl (C=O) groups excluding carboxylic acids is 6. The number of amides is 2. The molecule has 1 spiro atoms. The van der Waals surface area contributed by atoms with Gasteiger partial charge in [-0.05, 0) is 68.4 Å². The first kappa shape index (κ1) is 45.0. The molecule has 9 atom stereocenters. The lowest BCUT2D eigenvalue weighted by atomic mass is 9.62. The van der Waals surface area contributed by atoms with Crippen LogP contribution in [0.2, 0.25) is 0 Å². The Balaban J connectivity index is 0.960. The number of aliphatic hydroxyl groups excluding tert-OH is 1. The van der Waals surface area contributed by atoms with Gasteiger partial charge >= 0.3 is 23.9 Å². The summed E-state index contributed by atoms with van der Waals surface area (Å²) < 4.78 is 35.8. The number of fused-ring (bicyclic) bond motifs is 5. The molecule has 5 aliphatic heterocycles. The fourth-order valence-electron chi connectivity index (χ4n) is 10.6. The highest BCUT2D eigenvalue weighted by molar-refractivity contribution is 5.97. The lowest BCUT2D eigenvalue weighted by molar-refractivity contribution is -0.218. The average Bonchev–Trinajstić information content (AvgIpc) is 4.08. The first-order valence-corrected chi connectivity index (χ1v) is 22.5. The van der Waals surface area contributed by atoms with Crippen LogP contribution in [0.15, 0.2) is 54.6 Å². The molecule has 2 aromatic carbocycles. The van der Waals surface area contributed by atoms with E-state index >= 15 is 4.79 Å². The van der Waals surface area contributed by atoms with Gasteiger partial charge < -0.3 is 43.7 Å². The molecule has 9 unspecified atom stereocenters. The minimum atomic E-state index is -1.53. The molecule has 2 N–H and O–H groups in total. The van der Waals surface area contributed by atoms with Gasteiger partial charge in [-0.2, -0.15) is 5.06 Å². The van der Waals surface area contributed by atoms with Crippen LogP contribution in [-0.2, 0) is 81.4 Å². The Morgan fingerprint density at radius 3 is 2.35 bits per heavy atom. The minimum Gasteiger partial charge on any atom is -0.462 e. The third-order valence-electron chi connectivity index (χ3n) is 13.7. The van der Waals surface area contributed by atoms with E-state index in [-0.39, 0.29) is 39.0 Å². The van der Waals surface area contributed by atoms with Gasteiger partial charge in [-0.25, -0.2) is 9.59 Å². The zero-order valence-electron chi connectivity index (χ0n) is 37.3. The van der Waals surface area contributed by atoms with E-state index < -0.39 is 113 Å². The number of hydroxylamine groups is 2. The topological polar surface area (TPSA) is 206 Å². The molecule has 2 bridgehead atoms. The Labute approximate surface area is 376 Å². The number of carbonyl (C=O) groups is 6. The van der Waals surface area contributed by atoms with Crippen LogP contribution in [0, 0.1) is 10.8 Å². The Hall–Kier alpha value is -5.20. The maximum Gasteiger partial charge on any atom is 0.348 e. The van der Waals surface area contributed by atoms with Crippen LogP contribution in [0.4, 0.5) is 0 Å². The van der Waals surface area contributed by atoms with E-state index in [1.54, 1.807) is 52.8 Å². The minimum absolute atomic E-state index is 0.0249. The monoisotopic (exact) mass is 899 g/mol. The molecule has 9 rings (SSSR count). The number of hydrogen-bond acceptors (Lipinski definition) is 15. The van der Waals surface area contributed by atoms with E-state index in [1.807, 2.05) is 36.4 Å². The van der Waals surface area contributed by atoms with Crippen molar-refractivity contribution in [3.8, 4) is 0 Å². The first-order valence-electron chi connectivity index (χ1n) is 22.5. The fourth-order valence-corrected chi connectivity index (χ4v) is 10.6. The quantitative estimate of drug-likeness (QED) is 0.179. The second-order valence-corrected chi connectivity index (χ2v) is 20.1. The van der Waals surface area contributed by atoms with Gasteiger partial charge in [0.25, 0.3) is 0 Å². The standard InChI is InChI=1S/C48H57N3O14/c1-45(2,3)62-35(54)19-17-31(25-52)49-41(55)32-11-8-20-50(32)44(58)48-23-33-36-37(64-47(63-36)21-29-9-6-7-10-30(29)22-47)39(48)65-51(38(48)42(56)60-33)24-28-14-12-27(13-15-28)16-18-34(53)61-40-43(57)59-26-46(40,4)5/h6-7,9-10,12-16,18,31-33,36-40,52H,8,11,17,19-26H2,1-5H3,(H,49,55). The summed E-state index contributed by atoms with van der Waals surface area (Å²) in [6.45, 7) is 8.90. The van der Waals surface area contributed by atoms with Gasteiger partial charge in [0.2, 0.25) is 17.9 Å². The Kier molecular flexibility index (Phi) is 11.7. The zero-order valence-corrected chi connectivity index (χ0v) is 37.3. The van der Waals surface area contributed by atoms with E-state index in [1.165, 1.54) is 16.0 Å². The fraction of sp³-hybridized carbons (Fsp3) is 0.583. The molecule has 6 fully saturated rings. The van der Waals surface area contributed by atoms with E-state index in [0.29, 0.717) is 31.2 Å². The van der Waals surface area contributed by atoms with Crippen molar-refractivity contribution < 1.29 is 67.1 Å². The molecule has 0 radical (unpaired) electrons. The SMILES string of the molecule is CC(C)(C)OC(=O)CCC(CO)NC(=O)C1CCCN1C(=O)C12CC3OC(=O)C1N(Cc1ccc(C=CC(=O)OC4C(=O)OCC4(C)C)cc1)OC2C1OC2(Cc4ccccc4C2)OC31. The number of rotatable bonds is 12. The van der Waals surface area contributed by atoms with Crippen molar-refractivity contribution in [2.75, 3.05) is 19.8 Å². The number of cyclic esters (lactones) is 1. The number of esters is 4. The zero-order chi connectivity index (χ0) is 46.1. The molecule has 17 heteroatoms. The smallest absolute Gasteiger partial charge is 0.348 e. The summed E-state index contributed by atoms with van der Waals surface area (Å²) in [5, 5.41) is 14.6. The van der Waals surface area contributed by atoms with Crippen LogP contribution in [0.3, 0.4) is 0 Å². The van der Waals surface area contributed by atoms with Crippen LogP contribution in [0.1, 0.15) is 89.0 Å². The maximum absolute atomic E-state index is 15.5. The van der Waals surface area contributed by atoms with Crippen LogP contribution in [0.5, 0.6) is 0 Å². The van der Waals surface area contributed by atoms with Crippen LogP contribution in [-0.4, -0.2) is 131 Å².